The fourth-order valence-corrected chi connectivity index (χ4v) is 2.11. The fourth-order valence-electron chi connectivity index (χ4n) is 0.955. The summed E-state index contributed by atoms with van der Waals surface area (Å²) in [4.78, 5) is 0.258. The molecule has 0 aliphatic heterocycles. The molecule has 78 valence electrons. The fraction of sp³-hybridized carbons (Fsp3) is 0.333. The van der Waals surface area contributed by atoms with Crippen molar-refractivity contribution < 1.29 is 13.2 Å². The minimum Gasteiger partial charge on any atom is -0.349 e. The lowest BCUT2D eigenvalue weighted by Crippen LogP contribution is -2.09. The number of aryl methyl sites for hydroxylation is 1. The molecule has 1 rings (SSSR count). The molecule has 0 fully saturated rings. The smallest absolute Gasteiger partial charge is 0.202 e. The molecule has 5 heteroatoms. The summed E-state index contributed by atoms with van der Waals surface area (Å²) in [5, 5.41) is 0. The lowest BCUT2D eigenvalue weighted by Gasteiger charge is -2.03. The van der Waals surface area contributed by atoms with Crippen molar-refractivity contribution in [3.63, 3.8) is 0 Å². The summed E-state index contributed by atoms with van der Waals surface area (Å²) in [6.07, 6.45) is 0. The molecule has 0 spiro atoms. The summed E-state index contributed by atoms with van der Waals surface area (Å²) in [7, 11) is -3.35. The van der Waals surface area contributed by atoms with Gasteiger partial charge in [-0.25, -0.2) is 8.42 Å². The number of sulfone groups is 1. The van der Waals surface area contributed by atoms with Gasteiger partial charge >= 0.3 is 0 Å². The molecule has 0 N–H and O–H groups in total. The average Bonchev–Trinajstić information content (AvgIpc) is 2.16. The Morgan fingerprint density at radius 3 is 2.36 bits per heavy atom. The zero-order valence-corrected chi connectivity index (χ0v) is 9.31. The second-order valence-corrected chi connectivity index (χ2v) is 5.01. The Kier molecular flexibility index (Phi) is 3.92. The second-order valence-electron chi connectivity index (χ2n) is 2.86. The van der Waals surface area contributed by atoms with E-state index in [0.29, 0.717) is 0 Å². The lowest BCUT2D eigenvalue weighted by molar-refractivity contribution is 0.228. The number of halogens is 1. The van der Waals surface area contributed by atoms with Gasteiger partial charge in [-0.05, 0) is 19.1 Å². The van der Waals surface area contributed by atoms with E-state index in [2.05, 4.69) is 4.74 Å². The van der Waals surface area contributed by atoms with E-state index in [1.54, 1.807) is 24.3 Å². The summed E-state index contributed by atoms with van der Waals surface area (Å²) in [6, 6.07) is 6.48. The summed E-state index contributed by atoms with van der Waals surface area (Å²) in [6.45, 7) is 1.89. The van der Waals surface area contributed by atoms with Gasteiger partial charge in [0.2, 0.25) is 9.84 Å². The third-order valence-electron chi connectivity index (χ3n) is 1.70. The molecule has 0 aliphatic rings. The minimum atomic E-state index is -3.35. The van der Waals surface area contributed by atoms with Crippen molar-refractivity contribution in [2.45, 2.75) is 11.8 Å². The van der Waals surface area contributed by atoms with Crippen LogP contribution in [0, 0.1) is 6.92 Å². The van der Waals surface area contributed by atoms with Gasteiger partial charge in [-0.3, -0.25) is 0 Å². The molecule has 0 heterocycles. The highest BCUT2D eigenvalue weighted by molar-refractivity contribution is 7.91. The first-order valence-electron chi connectivity index (χ1n) is 3.99. The van der Waals surface area contributed by atoms with Gasteiger partial charge in [0, 0.05) is 0 Å². The molecule has 0 aromatic heterocycles. The highest BCUT2D eigenvalue weighted by Crippen LogP contribution is 2.12. The second kappa shape index (κ2) is 4.77. The van der Waals surface area contributed by atoms with E-state index in [0.717, 1.165) is 5.56 Å². The SMILES string of the molecule is Cc1ccc(S(=O)(=O)COCCl)cc1. The molecule has 0 unspecified atom stereocenters. The van der Waals surface area contributed by atoms with Crippen LogP contribution in [0.25, 0.3) is 0 Å². The van der Waals surface area contributed by atoms with Crippen LogP contribution in [0.1, 0.15) is 5.56 Å². The molecule has 0 saturated heterocycles. The van der Waals surface area contributed by atoms with Gasteiger partial charge in [0.15, 0.2) is 5.94 Å². The van der Waals surface area contributed by atoms with Gasteiger partial charge in [-0.1, -0.05) is 29.3 Å². The number of benzene rings is 1. The van der Waals surface area contributed by atoms with Crippen LogP contribution in [-0.4, -0.2) is 20.4 Å². The Morgan fingerprint density at radius 1 is 1.29 bits per heavy atom. The van der Waals surface area contributed by atoms with Crippen molar-refractivity contribution in [1.29, 1.82) is 0 Å². The molecule has 1 aromatic rings. The van der Waals surface area contributed by atoms with Crippen LogP contribution in [-0.2, 0) is 14.6 Å². The predicted molar refractivity (Wildman–Crippen MR) is 55.0 cm³/mol. The molecule has 0 amide bonds. The molecular formula is C9H11ClO3S. The number of hydrogen-bond acceptors (Lipinski definition) is 3. The van der Waals surface area contributed by atoms with E-state index in [9.17, 15) is 8.42 Å². The topological polar surface area (TPSA) is 43.4 Å². The maximum atomic E-state index is 11.5. The first kappa shape index (κ1) is 11.5. The van der Waals surface area contributed by atoms with Crippen LogP contribution in [0.15, 0.2) is 29.2 Å². The first-order chi connectivity index (χ1) is 6.56. The van der Waals surface area contributed by atoms with Crippen LogP contribution in [0.4, 0.5) is 0 Å². The number of hydrogen-bond donors (Lipinski definition) is 0. The monoisotopic (exact) mass is 234 g/mol. The van der Waals surface area contributed by atoms with Crippen molar-refractivity contribution in [3.8, 4) is 0 Å². The predicted octanol–water partition coefficient (Wildman–Crippen LogP) is 1.94. The highest BCUT2D eigenvalue weighted by atomic mass is 35.5. The zero-order chi connectivity index (χ0) is 10.6. The van der Waals surface area contributed by atoms with E-state index in [4.69, 9.17) is 11.6 Å². The molecular weight excluding hydrogens is 224 g/mol. The summed E-state index contributed by atoms with van der Waals surface area (Å²) in [5.41, 5.74) is 1.02. The van der Waals surface area contributed by atoms with Gasteiger partial charge in [0.1, 0.15) is 6.07 Å². The van der Waals surface area contributed by atoms with Crippen molar-refractivity contribution in [2.75, 3.05) is 12.0 Å². The van der Waals surface area contributed by atoms with Crippen molar-refractivity contribution in [1.82, 2.24) is 0 Å². The van der Waals surface area contributed by atoms with E-state index in [-0.39, 0.29) is 16.9 Å². The summed E-state index contributed by atoms with van der Waals surface area (Å²) in [5.74, 6) is -0.375. The van der Waals surface area contributed by atoms with Gasteiger partial charge in [0.25, 0.3) is 0 Å². The lowest BCUT2D eigenvalue weighted by atomic mass is 10.2. The standard InChI is InChI=1S/C9H11ClO3S/c1-8-2-4-9(5-3-8)14(11,12)7-13-6-10/h2-5H,6-7H2,1H3. The minimum absolute atomic E-state index is 0.120. The molecule has 0 aliphatic carbocycles. The Balaban J connectivity index is 2.87. The molecule has 0 radical (unpaired) electrons. The van der Waals surface area contributed by atoms with Gasteiger partial charge < -0.3 is 4.74 Å². The number of rotatable bonds is 4. The Hall–Kier alpha value is -0.580. The van der Waals surface area contributed by atoms with E-state index in [1.807, 2.05) is 6.92 Å². The van der Waals surface area contributed by atoms with Crippen LogP contribution in [0.3, 0.4) is 0 Å². The van der Waals surface area contributed by atoms with Crippen LogP contribution >= 0.6 is 11.6 Å². The number of alkyl halides is 1. The van der Waals surface area contributed by atoms with Crippen molar-refractivity contribution in [2.24, 2.45) is 0 Å². The van der Waals surface area contributed by atoms with E-state index < -0.39 is 9.84 Å². The first-order valence-corrected chi connectivity index (χ1v) is 6.18. The maximum Gasteiger partial charge on any atom is 0.202 e. The Morgan fingerprint density at radius 2 is 1.86 bits per heavy atom. The van der Waals surface area contributed by atoms with E-state index in [1.165, 1.54) is 0 Å². The molecule has 14 heavy (non-hydrogen) atoms. The zero-order valence-electron chi connectivity index (χ0n) is 7.73. The summed E-state index contributed by atoms with van der Waals surface area (Å²) < 4.78 is 27.7. The van der Waals surface area contributed by atoms with Crippen LogP contribution in [0.5, 0.6) is 0 Å². The Bertz CT molecular complexity index is 383. The largest absolute Gasteiger partial charge is 0.349 e. The molecule has 0 bridgehead atoms. The molecule has 0 atom stereocenters. The van der Waals surface area contributed by atoms with E-state index >= 15 is 0 Å². The van der Waals surface area contributed by atoms with Crippen molar-refractivity contribution >= 4 is 21.4 Å². The van der Waals surface area contributed by atoms with Crippen LogP contribution < -0.4 is 0 Å². The van der Waals surface area contributed by atoms with Crippen molar-refractivity contribution in [3.05, 3.63) is 29.8 Å². The van der Waals surface area contributed by atoms with Gasteiger partial charge in [-0.15, -0.1) is 0 Å². The third kappa shape index (κ3) is 2.97. The average molecular weight is 235 g/mol. The Labute approximate surface area is 88.6 Å². The normalized spacial score (nSPS) is 11.6. The summed E-state index contributed by atoms with van der Waals surface area (Å²) >= 11 is 5.23. The van der Waals surface area contributed by atoms with Gasteiger partial charge in [-0.2, -0.15) is 0 Å². The maximum absolute atomic E-state index is 11.5. The highest BCUT2D eigenvalue weighted by Gasteiger charge is 2.13. The number of ether oxygens (including phenoxy) is 1. The van der Waals surface area contributed by atoms with Crippen LogP contribution in [0.2, 0.25) is 0 Å². The quantitative estimate of drug-likeness (QED) is 0.748. The molecule has 3 nitrogen and oxygen atoms in total. The van der Waals surface area contributed by atoms with Gasteiger partial charge in [0.05, 0.1) is 4.90 Å². The molecule has 0 saturated carbocycles. The third-order valence-corrected chi connectivity index (χ3v) is 3.32. The molecule has 1 aromatic carbocycles.